The standard InChI is InChI=1S/C11H22S2/c1-10(2)6-5-7-11(3,12)8-9-13-4/h6,12H,5,7-9H2,1-4H3. The van der Waals surface area contributed by atoms with Gasteiger partial charge in [0.1, 0.15) is 0 Å². The average Bonchev–Trinajstić information content (AvgIpc) is 2.00. The minimum atomic E-state index is 0.217. The van der Waals surface area contributed by atoms with E-state index in [2.05, 4.69) is 45.7 Å². The van der Waals surface area contributed by atoms with Gasteiger partial charge in [0, 0.05) is 4.75 Å². The number of thioether (sulfide) groups is 1. The van der Waals surface area contributed by atoms with Gasteiger partial charge in [-0.1, -0.05) is 18.6 Å². The molecule has 0 saturated heterocycles. The number of hydrogen-bond acceptors (Lipinski definition) is 2. The summed E-state index contributed by atoms with van der Waals surface area (Å²) in [5.74, 6) is 1.22. The molecule has 0 amide bonds. The first-order chi connectivity index (χ1) is 5.98. The summed E-state index contributed by atoms with van der Waals surface area (Å²) in [6, 6.07) is 0. The van der Waals surface area contributed by atoms with Crippen LogP contribution in [0.25, 0.3) is 0 Å². The van der Waals surface area contributed by atoms with Crippen LogP contribution in [0.5, 0.6) is 0 Å². The van der Waals surface area contributed by atoms with Crippen molar-refractivity contribution in [2.45, 2.75) is 44.8 Å². The summed E-state index contributed by atoms with van der Waals surface area (Å²) >= 11 is 6.58. The van der Waals surface area contributed by atoms with Crippen molar-refractivity contribution in [3.8, 4) is 0 Å². The summed E-state index contributed by atoms with van der Waals surface area (Å²) in [5, 5.41) is 0. The van der Waals surface area contributed by atoms with Crippen molar-refractivity contribution in [3.05, 3.63) is 11.6 Å². The van der Waals surface area contributed by atoms with Gasteiger partial charge in [-0.05, 0) is 45.1 Å². The Hall–Kier alpha value is 0.440. The fraction of sp³-hybridized carbons (Fsp3) is 0.818. The second-order valence-electron chi connectivity index (χ2n) is 4.06. The number of hydrogen-bond donors (Lipinski definition) is 1. The molecule has 0 nitrogen and oxygen atoms in total. The first kappa shape index (κ1) is 13.4. The van der Waals surface area contributed by atoms with E-state index in [1.807, 2.05) is 11.8 Å². The smallest absolute Gasteiger partial charge is 0.0112 e. The first-order valence-corrected chi connectivity index (χ1v) is 6.67. The summed E-state index contributed by atoms with van der Waals surface area (Å²) in [6.45, 7) is 6.54. The number of allylic oxidation sites excluding steroid dienone is 2. The Morgan fingerprint density at radius 2 is 2.00 bits per heavy atom. The maximum Gasteiger partial charge on any atom is 0.0112 e. The predicted molar refractivity (Wildman–Crippen MR) is 69.1 cm³/mol. The van der Waals surface area contributed by atoms with E-state index in [-0.39, 0.29) is 4.75 Å². The lowest BCUT2D eigenvalue weighted by Gasteiger charge is -2.22. The monoisotopic (exact) mass is 218 g/mol. The Bertz CT molecular complexity index is 155. The number of rotatable bonds is 6. The van der Waals surface area contributed by atoms with Crippen molar-refractivity contribution in [2.75, 3.05) is 12.0 Å². The lowest BCUT2D eigenvalue weighted by Crippen LogP contribution is -2.17. The molecule has 0 bridgehead atoms. The van der Waals surface area contributed by atoms with E-state index in [1.54, 1.807) is 0 Å². The van der Waals surface area contributed by atoms with Crippen molar-refractivity contribution in [2.24, 2.45) is 0 Å². The largest absolute Gasteiger partial charge is 0.173 e. The van der Waals surface area contributed by atoms with Gasteiger partial charge in [0.2, 0.25) is 0 Å². The van der Waals surface area contributed by atoms with Crippen molar-refractivity contribution in [1.29, 1.82) is 0 Å². The van der Waals surface area contributed by atoms with Crippen LogP contribution in [-0.2, 0) is 0 Å². The topological polar surface area (TPSA) is 0 Å². The SMILES string of the molecule is CSCCC(C)(S)CCC=C(C)C. The molecule has 0 aromatic rings. The van der Waals surface area contributed by atoms with Crippen molar-refractivity contribution < 1.29 is 0 Å². The molecule has 0 radical (unpaired) electrons. The van der Waals surface area contributed by atoms with E-state index in [4.69, 9.17) is 0 Å². The zero-order valence-electron chi connectivity index (χ0n) is 9.26. The third-order valence-corrected chi connectivity index (χ3v) is 3.14. The van der Waals surface area contributed by atoms with Crippen LogP contribution >= 0.6 is 24.4 Å². The molecule has 78 valence electrons. The van der Waals surface area contributed by atoms with Crippen LogP contribution in [-0.4, -0.2) is 16.8 Å². The van der Waals surface area contributed by atoms with Gasteiger partial charge in [0.05, 0.1) is 0 Å². The van der Waals surface area contributed by atoms with Crippen LogP contribution in [0.4, 0.5) is 0 Å². The third-order valence-electron chi connectivity index (χ3n) is 2.08. The van der Waals surface area contributed by atoms with Gasteiger partial charge in [-0.3, -0.25) is 0 Å². The fourth-order valence-electron chi connectivity index (χ4n) is 1.12. The molecule has 0 rings (SSSR count). The van der Waals surface area contributed by atoms with Gasteiger partial charge < -0.3 is 0 Å². The van der Waals surface area contributed by atoms with Gasteiger partial charge in [-0.25, -0.2) is 0 Å². The minimum Gasteiger partial charge on any atom is -0.173 e. The fourth-order valence-corrected chi connectivity index (χ4v) is 2.17. The second-order valence-corrected chi connectivity index (χ2v) is 6.13. The van der Waals surface area contributed by atoms with E-state index < -0.39 is 0 Å². The summed E-state index contributed by atoms with van der Waals surface area (Å²) in [5.41, 5.74) is 1.41. The lowest BCUT2D eigenvalue weighted by molar-refractivity contribution is 0.583. The average molecular weight is 218 g/mol. The predicted octanol–water partition coefficient (Wildman–Crippen LogP) is 4.17. The molecule has 0 heterocycles. The molecule has 0 N–H and O–H groups in total. The van der Waals surface area contributed by atoms with Crippen LogP contribution in [0.1, 0.15) is 40.0 Å². The van der Waals surface area contributed by atoms with Crippen LogP contribution in [0.3, 0.4) is 0 Å². The molecule has 0 aliphatic heterocycles. The molecule has 1 unspecified atom stereocenters. The van der Waals surface area contributed by atoms with Crippen LogP contribution in [0.15, 0.2) is 11.6 Å². The van der Waals surface area contributed by atoms with Gasteiger partial charge in [0.15, 0.2) is 0 Å². The van der Waals surface area contributed by atoms with Gasteiger partial charge in [-0.2, -0.15) is 24.4 Å². The summed E-state index contributed by atoms with van der Waals surface area (Å²) in [6.07, 6.45) is 8.00. The first-order valence-electron chi connectivity index (χ1n) is 4.82. The highest BCUT2D eigenvalue weighted by Gasteiger charge is 2.16. The van der Waals surface area contributed by atoms with Gasteiger partial charge >= 0.3 is 0 Å². The molecule has 0 aliphatic rings. The van der Waals surface area contributed by atoms with Crippen molar-refractivity contribution in [1.82, 2.24) is 0 Å². The molecular formula is C11H22S2. The summed E-state index contributed by atoms with van der Waals surface area (Å²) < 4.78 is 0.217. The van der Waals surface area contributed by atoms with E-state index in [9.17, 15) is 0 Å². The number of thiol groups is 1. The van der Waals surface area contributed by atoms with E-state index in [0.29, 0.717) is 0 Å². The quantitative estimate of drug-likeness (QED) is 0.515. The van der Waals surface area contributed by atoms with Crippen LogP contribution < -0.4 is 0 Å². The molecule has 1 atom stereocenters. The molecule has 0 fully saturated rings. The Balaban J connectivity index is 3.68. The highest BCUT2D eigenvalue weighted by Crippen LogP contribution is 2.26. The maximum absolute atomic E-state index is 4.68. The van der Waals surface area contributed by atoms with Gasteiger partial charge in [0.25, 0.3) is 0 Å². The second kappa shape index (κ2) is 6.83. The molecule has 0 spiro atoms. The van der Waals surface area contributed by atoms with Crippen LogP contribution in [0.2, 0.25) is 0 Å². The molecule has 0 aromatic heterocycles. The molecule has 0 aliphatic carbocycles. The zero-order chi connectivity index (χ0) is 10.3. The third kappa shape index (κ3) is 8.76. The minimum absolute atomic E-state index is 0.217. The Morgan fingerprint density at radius 1 is 1.38 bits per heavy atom. The summed E-state index contributed by atoms with van der Waals surface area (Å²) in [7, 11) is 0. The van der Waals surface area contributed by atoms with Crippen molar-refractivity contribution in [3.63, 3.8) is 0 Å². The molecular weight excluding hydrogens is 196 g/mol. The van der Waals surface area contributed by atoms with E-state index in [0.717, 1.165) is 6.42 Å². The lowest BCUT2D eigenvalue weighted by atomic mass is 10.0. The maximum atomic E-state index is 4.68. The van der Waals surface area contributed by atoms with E-state index >= 15 is 0 Å². The van der Waals surface area contributed by atoms with Crippen molar-refractivity contribution >= 4 is 24.4 Å². The normalized spacial score (nSPS) is 15.2. The molecule has 0 saturated carbocycles. The summed E-state index contributed by atoms with van der Waals surface area (Å²) in [4.78, 5) is 0. The molecule has 13 heavy (non-hydrogen) atoms. The highest BCUT2D eigenvalue weighted by molar-refractivity contribution is 7.98. The Morgan fingerprint density at radius 3 is 2.46 bits per heavy atom. The highest BCUT2D eigenvalue weighted by atomic mass is 32.2. The van der Waals surface area contributed by atoms with Crippen LogP contribution in [0, 0.1) is 0 Å². The van der Waals surface area contributed by atoms with E-state index in [1.165, 1.54) is 24.2 Å². The van der Waals surface area contributed by atoms with Gasteiger partial charge in [-0.15, -0.1) is 0 Å². The Kier molecular flexibility index (Phi) is 7.06. The molecule has 0 aromatic carbocycles. The molecule has 2 heteroatoms. The Labute approximate surface area is 93.0 Å². The zero-order valence-corrected chi connectivity index (χ0v) is 11.0.